The van der Waals surface area contributed by atoms with Gasteiger partial charge in [-0.2, -0.15) is 0 Å². The van der Waals surface area contributed by atoms with E-state index >= 15 is 0 Å². The number of hydrogen-bond donors (Lipinski definition) is 2. The van der Waals surface area contributed by atoms with Crippen LogP contribution in [0.2, 0.25) is 0 Å². The van der Waals surface area contributed by atoms with Gasteiger partial charge in [0, 0.05) is 24.4 Å². The number of ether oxygens (including phenoxy) is 1. The van der Waals surface area contributed by atoms with E-state index < -0.39 is 10.0 Å². The van der Waals surface area contributed by atoms with Crippen LogP contribution in [-0.4, -0.2) is 33.0 Å². The van der Waals surface area contributed by atoms with Gasteiger partial charge in [-0.15, -0.1) is 0 Å². The summed E-state index contributed by atoms with van der Waals surface area (Å²) >= 11 is 0. The molecule has 0 radical (unpaired) electrons. The second-order valence-corrected chi connectivity index (χ2v) is 6.34. The molecule has 2 aromatic rings. The molecule has 1 heterocycles. The Hall–Kier alpha value is -2.45. The average molecular weight is 335 g/mol. The van der Waals surface area contributed by atoms with Crippen molar-refractivity contribution in [3.63, 3.8) is 0 Å². The zero-order chi connectivity index (χ0) is 16.9. The molecule has 0 bridgehead atoms. The van der Waals surface area contributed by atoms with E-state index in [0.717, 1.165) is 5.56 Å². The fourth-order valence-corrected chi connectivity index (χ4v) is 2.45. The molecule has 0 saturated heterocycles. The Morgan fingerprint density at radius 1 is 1.26 bits per heavy atom. The fourth-order valence-electron chi connectivity index (χ4n) is 1.93. The fraction of sp³-hybridized carbons (Fsp3) is 0.200. The van der Waals surface area contributed by atoms with Gasteiger partial charge in [0.15, 0.2) is 0 Å². The Morgan fingerprint density at radius 3 is 2.57 bits per heavy atom. The predicted octanol–water partition coefficient (Wildman–Crippen LogP) is 0.710. The largest absolute Gasteiger partial charge is 0.481 e. The molecule has 8 heteroatoms. The van der Waals surface area contributed by atoms with Gasteiger partial charge in [-0.05, 0) is 30.2 Å². The minimum Gasteiger partial charge on any atom is -0.481 e. The third-order valence-corrected chi connectivity index (χ3v) is 4.09. The van der Waals surface area contributed by atoms with Gasteiger partial charge in [0.25, 0.3) is 5.91 Å². The quantitative estimate of drug-likeness (QED) is 0.807. The number of primary sulfonamides is 1. The number of rotatable bonds is 6. The van der Waals surface area contributed by atoms with Crippen molar-refractivity contribution in [2.24, 2.45) is 5.14 Å². The molecule has 7 nitrogen and oxygen atoms in total. The summed E-state index contributed by atoms with van der Waals surface area (Å²) in [6.07, 6.45) is 2.07. The van der Waals surface area contributed by atoms with Gasteiger partial charge in [-0.3, -0.25) is 4.79 Å². The molecule has 122 valence electrons. The van der Waals surface area contributed by atoms with E-state index in [1.54, 1.807) is 24.3 Å². The highest BCUT2D eigenvalue weighted by Gasteiger charge is 2.08. The van der Waals surface area contributed by atoms with Crippen molar-refractivity contribution in [2.45, 2.75) is 11.3 Å². The van der Waals surface area contributed by atoms with Crippen LogP contribution in [0.3, 0.4) is 0 Å². The van der Waals surface area contributed by atoms with Crippen molar-refractivity contribution < 1.29 is 17.9 Å². The van der Waals surface area contributed by atoms with Gasteiger partial charge in [-0.25, -0.2) is 18.5 Å². The number of amides is 1. The Kier molecular flexibility index (Phi) is 5.30. The third kappa shape index (κ3) is 4.76. The van der Waals surface area contributed by atoms with Crippen molar-refractivity contribution in [1.29, 1.82) is 0 Å². The highest BCUT2D eigenvalue weighted by molar-refractivity contribution is 7.89. The monoisotopic (exact) mass is 335 g/mol. The first-order valence-electron chi connectivity index (χ1n) is 6.80. The number of pyridine rings is 1. The van der Waals surface area contributed by atoms with E-state index in [1.165, 1.54) is 25.4 Å². The molecule has 0 saturated carbocycles. The minimum absolute atomic E-state index is 0.0640. The van der Waals surface area contributed by atoms with Crippen LogP contribution in [0.1, 0.15) is 15.9 Å². The topological polar surface area (TPSA) is 111 Å². The minimum atomic E-state index is -3.68. The maximum atomic E-state index is 12.0. The number of hydrogen-bond acceptors (Lipinski definition) is 5. The summed E-state index contributed by atoms with van der Waals surface area (Å²) in [5.74, 6) is 0.142. The molecule has 1 amide bonds. The summed E-state index contributed by atoms with van der Waals surface area (Å²) in [5.41, 5.74) is 1.35. The second-order valence-electron chi connectivity index (χ2n) is 4.78. The van der Waals surface area contributed by atoms with Gasteiger partial charge >= 0.3 is 0 Å². The SMILES string of the molecule is COc1cc(C(=O)NCCc2ccc(S(N)(=O)=O)cc2)ccn1. The summed E-state index contributed by atoms with van der Waals surface area (Å²) in [6, 6.07) is 9.37. The van der Waals surface area contributed by atoms with Gasteiger partial charge in [0.1, 0.15) is 0 Å². The maximum absolute atomic E-state index is 12.0. The molecule has 0 aliphatic rings. The standard InChI is InChI=1S/C15H17N3O4S/c1-22-14-10-12(7-9-17-14)15(19)18-8-6-11-2-4-13(5-3-11)23(16,20)21/h2-5,7,9-10H,6,8H2,1H3,(H,18,19)(H2,16,20,21). The highest BCUT2D eigenvalue weighted by Crippen LogP contribution is 2.10. The molecule has 0 fully saturated rings. The lowest BCUT2D eigenvalue weighted by atomic mass is 10.1. The number of benzene rings is 1. The average Bonchev–Trinajstić information content (AvgIpc) is 2.54. The Morgan fingerprint density at radius 2 is 1.96 bits per heavy atom. The Bertz CT molecular complexity index is 789. The van der Waals surface area contributed by atoms with Crippen LogP contribution in [0.15, 0.2) is 47.5 Å². The first-order valence-corrected chi connectivity index (χ1v) is 8.35. The second kappa shape index (κ2) is 7.21. The number of sulfonamides is 1. The van der Waals surface area contributed by atoms with Crippen LogP contribution in [-0.2, 0) is 16.4 Å². The van der Waals surface area contributed by atoms with Gasteiger partial charge in [0.2, 0.25) is 15.9 Å². The maximum Gasteiger partial charge on any atom is 0.251 e. The van der Waals surface area contributed by atoms with Crippen molar-refractivity contribution in [2.75, 3.05) is 13.7 Å². The van der Waals surface area contributed by atoms with Gasteiger partial charge in [-0.1, -0.05) is 12.1 Å². The first kappa shape index (κ1) is 16.9. The summed E-state index contributed by atoms with van der Waals surface area (Å²) in [7, 11) is -2.20. The number of aromatic nitrogens is 1. The zero-order valence-electron chi connectivity index (χ0n) is 12.5. The Labute approximate surface area is 134 Å². The lowest BCUT2D eigenvalue weighted by Crippen LogP contribution is -2.25. The molecule has 0 aliphatic heterocycles. The smallest absolute Gasteiger partial charge is 0.251 e. The van der Waals surface area contributed by atoms with Crippen molar-refractivity contribution in [3.05, 3.63) is 53.7 Å². The van der Waals surface area contributed by atoms with Gasteiger partial charge in [0.05, 0.1) is 12.0 Å². The lowest BCUT2D eigenvalue weighted by Gasteiger charge is -2.07. The molecule has 3 N–H and O–H groups in total. The summed E-state index contributed by atoms with van der Waals surface area (Å²) in [6.45, 7) is 0.415. The van der Waals surface area contributed by atoms with E-state index in [9.17, 15) is 13.2 Å². The third-order valence-electron chi connectivity index (χ3n) is 3.16. The summed E-state index contributed by atoms with van der Waals surface area (Å²) in [5, 5.41) is 7.81. The molecule has 0 unspecified atom stereocenters. The van der Waals surface area contributed by atoms with Crippen molar-refractivity contribution in [1.82, 2.24) is 10.3 Å². The number of nitrogens with one attached hydrogen (secondary N) is 1. The van der Waals surface area contributed by atoms with Crippen LogP contribution in [0.5, 0.6) is 5.88 Å². The molecule has 0 aliphatic carbocycles. The number of carbonyl (C=O) groups is 1. The molecular weight excluding hydrogens is 318 g/mol. The normalized spacial score (nSPS) is 11.0. The number of carbonyl (C=O) groups excluding carboxylic acids is 1. The van der Waals surface area contributed by atoms with Crippen molar-refractivity contribution >= 4 is 15.9 Å². The number of nitrogens with zero attached hydrogens (tertiary/aromatic N) is 1. The lowest BCUT2D eigenvalue weighted by molar-refractivity contribution is 0.0953. The summed E-state index contributed by atoms with van der Waals surface area (Å²) in [4.78, 5) is 16.0. The van der Waals surface area contributed by atoms with Crippen molar-refractivity contribution in [3.8, 4) is 5.88 Å². The molecule has 2 rings (SSSR count). The Balaban J connectivity index is 1.90. The zero-order valence-corrected chi connectivity index (χ0v) is 13.3. The predicted molar refractivity (Wildman–Crippen MR) is 84.6 cm³/mol. The number of nitrogens with two attached hydrogens (primary N) is 1. The first-order chi connectivity index (χ1) is 10.9. The summed E-state index contributed by atoms with van der Waals surface area (Å²) < 4.78 is 27.3. The van der Waals surface area contributed by atoms with E-state index in [0.29, 0.717) is 24.4 Å². The molecule has 23 heavy (non-hydrogen) atoms. The van der Waals surface area contributed by atoms with E-state index in [1.807, 2.05) is 0 Å². The van der Waals surface area contributed by atoms with E-state index in [-0.39, 0.29) is 10.8 Å². The highest BCUT2D eigenvalue weighted by atomic mass is 32.2. The molecule has 1 aromatic carbocycles. The van der Waals surface area contributed by atoms with Crippen LogP contribution >= 0.6 is 0 Å². The van der Waals surface area contributed by atoms with E-state index in [2.05, 4.69) is 10.3 Å². The van der Waals surface area contributed by atoms with Crippen LogP contribution < -0.4 is 15.2 Å². The molecule has 1 aromatic heterocycles. The molecule has 0 atom stereocenters. The van der Waals surface area contributed by atoms with Crippen LogP contribution in [0, 0.1) is 0 Å². The molecule has 0 spiro atoms. The van der Waals surface area contributed by atoms with Gasteiger partial charge < -0.3 is 10.1 Å². The van der Waals surface area contributed by atoms with E-state index in [4.69, 9.17) is 9.88 Å². The van der Waals surface area contributed by atoms with Crippen LogP contribution in [0.25, 0.3) is 0 Å². The van der Waals surface area contributed by atoms with Crippen LogP contribution in [0.4, 0.5) is 0 Å². The number of methoxy groups -OCH3 is 1. The molecular formula is C15H17N3O4S.